The van der Waals surface area contributed by atoms with Crippen molar-refractivity contribution in [3.8, 4) is 0 Å². The highest BCUT2D eigenvalue weighted by Crippen LogP contribution is 2.23. The highest BCUT2D eigenvalue weighted by atomic mass is 16.7. The van der Waals surface area contributed by atoms with Crippen LogP contribution in [0, 0.1) is 0 Å². The highest BCUT2D eigenvalue weighted by molar-refractivity contribution is 5.80. The minimum atomic E-state index is -1.48. The minimum absolute atomic E-state index is 0.0375. The first-order chi connectivity index (χ1) is 52.1. The van der Waals surface area contributed by atoms with Gasteiger partial charge in [-0.2, -0.15) is 0 Å². The minimum Gasteiger partial charge on any atom is -0.394 e. The third kappa shape index (κ3) is 48.1. The molecule has 1 saturated heterocycles. The number of carbonyl (C=O) groups is 11. The Hall–Kier alpha value is -6.55. The van der Waals surface area contributed by atoms with E-state index < -0.39 is 148 Å². The van der Waals surface area contributed by atoms with Gasteiger partial charge in [-0.1, -0.05) is 0 Å². The van der Waals surface area contributed by atoms with Gasteiger partial charge >= 0.3 is 0 Å². The molecule has 1 fully saturated rings. The second kappa shape index (κ2) is 61.1. The van der Waals surface area contributed by atoms with Gasteiger partial charge in [-0.25, -0.2) is 0 Å². The maximum Gasteiger partial charge on any atom is 0.222 e. The zero-order valence-corrected chi connectivity index (χ0v) is 64.1. The number of unbranched alkanes of at least 4 members (excludes halogenated alkanes) is 3. The number of hydrogen-bond donors (Lipinski definition) is 20. The van der Waals surface area contributed by atoms with E-state index in [4.69, 9.17) is 42.6 Å². The molecule has 20 N–H and O–H groups in total. The largest absolute Gasteiger partial charge is 0.394 e. The first-order valence-electron chi connectivity index (χ1n) is 37.3. The average Bonchev–Trinajstić information content (AvgIpc) is 0.809. The van der Waals surface area contributed by atoms with Gasteiger partial charge in [-0.05, 0) is 78.1 Å². The van der Waals surface area contributed by atoms with E-state index in [0.29, 0.717) is 57.8 Å². The molecule has 1 rings (SSSR count). The quantitative estimate of drug-likeness (QED) is 0.0199. The smallest absolute Gasteiger partial charge is 0.222 e. The SMILES string of the molecule is CNC(=O)CCCC(=O)NC(COCCC(=O)NCCCNC(=O)CCCCO[C@H](OC(CO)[C@H](O)CO)[C@H](C)NC(C)=O)(COCCC(=O)NCCCNC(=O)CCCCO[C@H](OC(CO)[C@H](O)CO)[C@H](C)NC(C)=O)COCCC(=O)NCCCNC(=O)CCCCO[C@@H]1OC(CO)[C@H](O)C(O)[C@@H]1NC(C)=O. The van der Waals surface area contributed by atoms with Gasteiger partial charge in [0, 0.05) is 138 Å². The monoisotopic (exact) mass is 1570 g/mol. The number of aliphatic hydroxyl groups is 9. The van der Waals surface area contributed by atoms with E-state index in [-0.39, 0.29) is 192 Å². The van der Waals surface area contributed by atoms with Crippen molar-refractivity contribution in [3.63, 3.8) is 0 Å². The van der Waals surface area contributed by atoms with Crippen molar-refractivity contribution in [1.82, 2.24) is 58.5 Å². The Morgan fingerprint density at radius 2 is 0.780 bits per heavy atom. The predicted molar refractivity (Wildman–Crippen MR) is 386 cm³/mol. The third-order valence-corrected chi connectivity index (χ3v) is 16.4. The standard InChI is InChI=1S/C69H127N11O29/c1-45(77-47(3)86)66(107-52(39-83)50(89)37-81)104-31-10-7-17-56(92)71-25-14-28-74-59(95)22-34-101-42-69(80-62(98)21-13-20-55(91)70-6,43-102-35-23-60(96)75-29-15-26-72-57(93)18-8-11-32-105-67(46(2)78-48(4)87)108-53(40-84)51(90)38-82)44-103-36-24-61(97)76-30-16-27-73-58(94)19-9-12-33-106-68-63(79-49(5)88)65(100)64(99)54(41-85)109-68/h45-46,50-54,63-68,81-85,89-90,99-100H,7-44H2,1-6H3,(H,70,91)(H,71,92)(H,72,93)(H,73,94)(H,74,95)(H,75,96)(H,76,97)(H,77,86)(H,78,87)(H,79,88)(H,80,98)/t45-,46-,50+,51+,52?,53?,54?,63-,64-,65?,66+,67+,68+,69?/m0/s1. The number of aliphatic hydroxyl groups excluding tert-OH is 9. The molecule has 0 aromatic carbocycles. The molecule has 109 heavy (non-hydrogen) atoms. The van der Waals surface area contributed by atoms with Crippen LogP contribution in [0.5, 0.6) is 0 Å². The highest BCUT2D eigenvalue weighted by Gasteiger charge is 2.45. The zero-order chi connectivity index (χ0) is 81.4. The van der Waals surface area contributed by atoms with Crippen LogP contribution in [0.1, 0.15) is 150 Å². The second-order valence-corrected chi connectivity index (χ2v) is 26.3. The lowest BCUT2D eigenvalue weighted by molar-refractivity contribution is -0.270. The van der Waals surface area contributed by atoms with E-state index in [1.165, 1.54) is 27.8 Å². The Bertz CT molecular complexity index is 2490. The molecule has 0 aromatic heterocycles. The van der Waals surface area contributed by atoms with Crippen LogP contribution in [0.15, 0.2) is 0 Å². The Morgan fingerprint density at radius 1 is 0.422 bits per heavy atom. The van der Waals surface area contributed by atoms with Crippen molar-refractivity contribution < 1.29 is 141 Å². The van der Waals surface area contributed by atoms with E-state index in [0.717, 1.165) is 0 Å². The van der Waals surface area contributed by atoms with Gasteiger partial charge in [0.1, 0.15) is 54.3 Å². The summed E-state index contributed by atoms with van der Waals surface area (Å²) in [5, 5.41) is 118. The van der Waals surface area contributed by atoms with Crippen molar-refractivity contribution in [2.75, 3.05) is 139 Å². The van der Waals surface area contributed by atoms with Crippen molar-refractivity contribution in [2.45, 2.75) is 235 Å². The van der Waals surface area contributed by atoms with Crippen molar-refractivity contribution in [1.29, 1.82) is 0 Å². The van der Waals surface area contributed by atoms with E-state index >= 15 is 0 Å². The fourth-order valence-corrected chi connectivity index (χ4v) is 10.4. The first-order valence-corrected chi connectivity index (χ1v) is 37.3. The Balaban J connectivity index is 2.91. The van der Waals surface area contributed by atoms with Gasteiger partial charge in [0.25, 0.3) is 0 Å². The average molecular weight is 1570 g/mol. The maximum absolute atomic E-state index is 13.6. The number of carbonyl (C=O) groups excluding carboxylic acids is 11. The summed E-state index contributed by atoms with van der Waals surface area (Å²) in [6.07, 6.45) is -8.87. The summed E-state index contributed by atoms with van der Waals surface area (Å²) >= 11 is 0. The number of amides is 11. The molecule has 0 bridgehead atoms. The molecule has 40 heteroatoms. The molecular formula is C69H127N11O29. The fraction of sp³-hybridized carbons (Fsp3) is 0.841. The lowest BCUT2D eigenvalue weighted by Gasteiger charge is -2.42. The van der Waals surface area contributed by atoms with E-state index in [9.17, 15) is 98.7 Å². The number of rotatable bonds is 66. The molecule has 0 radical (unpaired) electrons. The van der Waals surface area contributed by atoms with Crippen LogP contribution in [0.3, 0.4) is 0 Å². The molecule has 0 aliphatic carbocycles. The molecule has 0 saturated carbocycles. The molecule has 13 atom stereocenters. The molecule has 0 spiro atoms. The summed E-state index contributed by atoms with van der Waals surface area (Å²) in [6, 6.07) is -2.46. The molecule has 1 aliphatic heterocycles. The van der Waals surface area contributed by atoms with Crippen molar-refractivity contribution >= 4 is 65.0 Å². The predicted octanol–water partition coefficient (Wildman–Crippen LogP) is -6.49. The number of ether oxygens (including phenoxy) is 9. The van der Waals surface area contributed by atoms with E-state index in [1.807, 2.05) is 0 Å². The second-order valence-electron chi connectivity index (χ2n) is 26.3. The lowest BCUT2D eigenvalue weighted by Crippen LogP contribution is -2.64. The van der Waals surface area contributed by atoms with Crippen LogP contribution in [-0.4, -0.2) is 335 Å². The molecule has 1 heterocycles. The number of nitrogens with one attached hydrogen (secondary N) is 11. The molecule has 4 unspecified atom stereocenters. The van der Waals surface area contributed by atoms with Gasteiger partial charge in [-0.3, -0.25) is 52.7 Å². The Labute approximate surface area is 637 Å². The summed E-state index contributed by atoms with van der Waals surface area (Å²) < 4.78 is 52.0. The lowest BCUT2D eigenvalue weighted by atomic mass is 9.97. The van der Waals surface area contributed by atoms with Crippen LogP contribution in [-0.2, 0) is 95.4 Å². The topological polar surface area (TPSA) is 585 Å². The molecule has 632 valence electrons. The van der Waals surface area contributed by atoms with Gasteiger partial charge in [0.2, 0.25) is 65.0 Å². The summed E-state index contributed by atoms with van der Waals surface area (Å²) in [4.78, 5) is 137. The third-order valence-electron chi connectivity index (χ3n) is 16.4. The van der Waals surface area contributed by atoms with Crippen molar-refractivity contribution in [2.24, 2.45) is 0 Å². The molecule has 11 amide bonds. The van der Waals surface area contributed by atoms with Crippen LogP contribution < -0.4 is 58.5 Å². The Kier molecular flexibility index (Phi) is 56.3. The van der Waals surface area contributed by atoms with Crippen molar-refractivity contribution in [3.05, 3.63) is 0 Å². The first kappa shape index (κ1) is 100. The van der Waals surface area contributed by atoms with Gasteiger partial charge in [0.05, 0.1) is 84.8 Å². The fourth-order valence-electron chi connectivity index (χ4n) is 10.4. The molecule has 40 nitrogen and oxygen atoms in total. The normalized spacial score (nSPS) is 18.3. The van der Waals surface area contributed by atoms with E-state index in [2.05, 4.69) is 58.5 Å². The van der Waals surface area contributed by atoms with Crippen LogP contribution in [0.4, 0.5) is 0 Å². The summed E-state index contributed by atoms with van der Waals surface area (Å²) in [6.45, 7) is 4.05. The molecule has 1 aliphatic rings. The van der Waals surface area contributed by atoms with Crippen LogP contribution in [0.2, 0.25) is 0 Å². The van der Waals surface area contributed by atoms with Crippen LogP contribution >= 0.6 is 0 Å². The molecular weight excluding hydrogens is 1450 g/mol. The summed E-state index contributed by atoms with van der Waals surface area (Å²) in [5.41, 5.74) is -1.48. The van der Waals surface area contributed by atoms with E-state index in [1.54, 1.807) is 13.8 Å². The zero-order valence-electron chi connectivity index (χ0n) is 64.1. The van der Waals surface area contributed by atoms with Gasteiger partial charge in [0.15, 0.2) is 18.9 Å². The Morgan fingerprint density at radius 3 is 1.12 bits per heavy atom. The summed E-state index contributed by atoms with van der Waals surface area (Å²) in [7, 11) is 1.46. The maximum atomic E-state index is 13.6. The van der Waals surface area contributed by atoms with Gasteiger partial charge < -0.3 is 147 Å². The summed E-state index contributed by atoms with van der Waals surface area (Å²) in [5.74, 6) is -4.00. The number of hydrogen-bond acceptors (Lipinski definition) is 29. The molecule has 0 aromatic rings. The van der Waals surface area contributed by atoms with Crippen LogP contribution in [0.25, 0.3) is 0 Å². The van der Waals surface area contributed by atoms with Gasteiger partial charge in [-0.15, -0.1) is 0 Å².